The molecule has 0 atom stereocenters. The second kappa shape index (κ2) is 5.05. The van der Waals surface area contributed by atoms with E-state index in [0.29, 0.717) is 17.1 Å². The summed E-state index contributed by atoms with van der Waals surface area (Å²) in [6.45, 7) is 3.11. The number of aryl methyl sites for hydroxylation is 1. The van der Waals surface area contributed by atoms with Crippen LogP contribution in [0.5, 0.6) is 0 Å². The van der Waals surface area contributed by atoms with Crippen LogP contribution in [0, 0.1) is 35.3 Å². The van der Waals surface area contributed by atoms with Gasteiger partial charge in [-0.2, -0.15) is 10.4 Å². The summed E-state index contributed by atoms with van der Waals surface area (Å²) >= 11 is 0. The van der Waals surface area contributed by atoms with Gasteiger partial charge in [-0.05, 0) is 19.9 Å². The Labute approximate surface area is 119 Å². The molecule has 0 aliphatic heterocycles. The van der Waals surface area contributed by atoms with Crippen LogP contribution in [0.3, 0.4) is 0 Å². The molecule has 8 nitrogen and oxygen atoms in total. The quantitative estimate of drug-likeness (QED) is 0.679. The van der Waals surface area contributed by atoms with Crippen molar-refractivity contribution in [1.29, 1.82) is 5.26 Å². The highest BCUT2D eigenvalue weighted by molar-refractivity contribution is 5.90. The minimum atomic E-state index is -1.11. The minimum absolute atomic E-state index is 0.0479. The Morgan fingerprint density at radius 1 is 1.48 bits per heavy atom. The molecule has 21 heavy (non-hydrogen) atoms. The standard InChI is InChI=1S/C13H10N4O4/c1-7-12(13(18)19)8(2)16(15-7)11-4-3-10(17(20)21)5-9(11)6-14/h3-5H,1-2H3,(H,18,19). The van der Waals surface area contributed by atoms with Crippen molar-refractivity contribution in [3.8, 4) is 11.8 Å². The average Bonchev–Trinajstić information content (AvgIpc) is 2.72. The Morgan fingerprint density at radius 3 is 2.62 bits per heavy atom. The first-order valence-corrected chi connectivity index (χ1v) is 5.85. The number of nitro benzene ring substituents is 1. The number of hydrogen-bond donors (Lipinski definition) is 1. The molecular weight excluding hydrogens is 276 g/mol. The van der Waals surface area contributed by atoms with Crippen LogP contribution in [-0.4, -0.2) is 25.8 Å². The third-order valence-electron chi connectivity index (χ3n) is 3.04. The monoisotopic (exact) mass is 286 g/mol. The summed E-state index contributed by atoms with van der Waals surface area (Å²) in [6.07, 6.45) is 0. The van der Waals surface area contributed by atoms with Gasteiger partial charge in [0, 0.05) is 12.1 Å². The Balaban J connectivity index is 2.69. The van der Waals surface area contributed by atoms with E-state index < -0.39 is 10.9 Å². The zero-order valence-electron chi connectivity index (χ0n) is 11.2. The lowest BCUT2D eigenvalue weighted by Crippen LogP contribution is -2.04. The van der Waals surface area contributed by atoms with Crippen LogP contribution < -0.4 is 0 Å². The number of aromatic nitrogens is 2. The zero-order valence-corrected chi connectivity index (χ0v) is 11.2. The SMILES string of the molecule is Cc1nn(-c2ccc([N+](=O)[O-])cc2C#N)c(C)c1C(=O)O. The topological polar surface area (TPSA) is 122 Å². The van der Waals surface area contributed by atoms with Gasteiger partial charge in [0.25, 0.3) is 5.69 Å². The highest BCUT2D eigenvalue weighted by Crippen LogP contribution is 2.24. The number of carboxylic acid groups (broad SMARTS) is 1. The van der Waals surface area contributed by atoms with Crippen LogP contribution in [0.4, 0.5) is 5.69 Å². The molecule has 2 aromatic rings. The molecule has 106 valence electrons. The van der Waals surface area contributed by atoms with E-state index in [1.54, 1.807) is 13.8 Å². The van der Waals surface area contributed by atoms with E-state index in [0.717, 1.165) is 6.07 Å². The molecule has 2 rings (SSSR count). The third kappa shape index (κ3) is 2.32. The highest BCUT2D eigenvalue weighted by Gasteiger charge is 2.21. The molecule has 0 saturated heterocycles. The summed E-state index contributed by atoms with van der Waals surface area (Å²) in [4.78, 5) is 21.3. The van der Waals surface area contributed by atoms with Crippen molar-refractivity contribution in [2.24, 2.45) is 0 Å². The van der Waals surface area contributed by atoms with Gasteiger partial charge in [-0.3, -0.25) is 10.1 Å². The van der Waals surface area contributed by atoms with Crippen LogP contribution in [0.25, 0.3) is 5.69 Å². The molecule has 0 aliphatic carbocycles. The summed E-state index contributed by atoms with van der Waals surface area (Å²) in [7, 11) is 0. The van der Waals surface area contributed by atoms with Gasteiger partial charge in [0.15, 0.2) is 0 Å². The molecule has 0 unspecified atom stereocenters. The van der Waals surface area contributed by atoms with Crippen LogP contribution in [-0.2, 0) is 0 Å². The minimum Gasteiger partial charge on any atom is -0.478 e. The molecule has 0 aliphatic rings. The van der Waals surface area contributed by atoms with Gasteiger partial charge in [-0.25, -0.2) is 9.48 Å². The predicted octanol–water partition coefficient (Wildman–Crippen LogP) is 1.97. The van der Waals surface area contributed by atoms with E-state index in [1.807, 2.05) is 6.07 Å². The number of aromatic carboxylic acids is 1. The molecule has 1 heterocycles. The fourth-order valence-electron chi connectivity index (χ4n) is 2.10. The smallest absolute Gasteiger partial charge is 0.339 e. The molecule has 0 amide bonds. The molecule has 1 N–H and O–H groups in total. The van der Waals surface area contributed by atoms with Crippen molar-refractivity contribution >= 4 is 11.7 Å². The summed E-state index contributed by atoms with van der Waals surface area (Å²) in [5.74, 6) is -1.11. The van der Waals surface area contributed by atoms with E-state index in [4.69, 9.17) is 10.4 Å². The summed E-state index contributed by atoms with van der Waals surface area (Å²) < 4.78 is 1.31. The highest BCUT2D eigenvalue weighted by atomic mass is 16.6. The average molecular weight is 286 g/mol. The Bertz CT molecular complexity index is 801. The maximum atomic E-state index is 11.2. The van der Waals surface area contributed by atoms with E-state index in [1.165, 1.54) is 16.8 Å². The van der Waals surface area contributed by atoms with Gasteiger partial charge >= 0.3 is 5.97 Å². The molecule has 8 heteroatoms. The Hall–Kier alpha value is -3.21. The lowest BCUT2D eigenvalue weighted by atomic mass is 10.1. The summed E-state index contributed by atoms with van der Waals surface area (Å²) in [5.41, 5.74) is 0.850. The molecule has 0 bridgehead atoms. The molecule has 0 spiro atoms. The van der Waals surface area contributed by atoms with Crippen molar-refractivity contribution < 1.29 is 14.8 Å². The van der Waals surface area contributed by atoms with Gasteiger partial charge < -0.3 is 5.11 Å². The van der Waals surface area contributed by atoms with Gasteiger partial charge in [0.1, 0.15) is 11.6 Å². The molecule has 1 aromatic heterocycles. The number of nitro groups is 1. The Morgan fingerprint density at radius 2 is 2.14 bits per heavy atom. The lowest BCUT2D eigenvalue weighted by Gasteiger charge is -2.06. The molecule has 0 radical (unpaired) electrons. The first-order valence-electron chi connectivity index (χ1n) is 5.85. The lowest BCUT2D eigenvalue weighted by molar-refractivity contribution is -0.384. The van der Waals surface area contributed by atoms with Crippen LogP contribution >= 0.6 is 0 Å². The van der Waals surface area contributed by atoms with E-state index in [-0.39, 0.29) is 16.8 Å². The van der Waals surface area contributed by atoms with Crippen molar-refractivity contribution in [2.75, 3.05) is 0 Å². The number of rotatable bonds is 3. The number of non-ortho nitro benzene ring substituents is 1. The zero-order chi connectivity index (χ0) is 15.7. The summed E-state index contributed by atoms with van der Waals surface area (Å²) in [5, 5.41) is 33.1. The predicted molar refractivity (Wildman–Crippen MR) is 71.4 cm³/mol. The van der Waals surface area contributed by atoms with Gasteiger partial charge in [0.2, 0.25) is 0 Å². The van der Waals surface area contributed by atoms with Crippen molar-refractivity contribution in [1.82, 2.24) is 9.78 Å². The molecular formula is C13H10N4O4. The number of nitriles is 1. The normalized spacial score (nSPS) is 10.1. The molecule has 0 fully saturated rings. The van der Waals surface area contributed by atoms with E-state index in [2.05, 4.69) is 5.10 Å². The first-order chi connectivity index (χ1) is 9.86. The largest absolute Gasteiger partial charge is 0.478 e. The van der Waals surface area contributed by atoms with Crippen LogP contribution in [0.15, 0.2) is 18.2 Å². The molecule has 0 saturated carbocycles. The van der Waals surface area contributed by atoms with Crippen LogP contribution in [0.1, 0.15) is 27.3 Å². The maximum absolute atomic E-state index is 11.2. The number of hydrogen-bond acceptors (Lipinski definition) is 5. The number of carboxylic acids is 1. The number of benzene rings is 1. The van der Waals surface area contributed by atoms with Crippen LogP contribution in [0.2, 0.25) is 0 Å². The van der Waals surface area contributed by atoms with Gasteiger partial charge in [-0.15, -0.1) is 0 Å². The van der Waals surface area contributed by atoms with Crippen molar-refractivity contribution in [3.05, 3.63) is 50.8 Å². The second-order valence-corrected chi connectivity index (χ2v) is 4.33. The molecule has 1 aromatic carbocycles. The van der Waals surface area contributed by atoms with Gasteiger partial charge in [0.05, 0.1) is 27.6 Å². The third-order valence-corrected chi connectivity index (χ3v) is 3.04. The second-order valence-electron chi connectivity index (χ2n) is 4.33. The van der Waals surface area contributed by atoms with E-state index >= 15 is 0 Å². The number of carbonyl (C=O) groups is 1. The first kappa shape index (κ1) is 14.2. The van der Waals surface area contributed by atoms with Crippen molar-refractivity contribution in [3.63, 3.8) is 0 Å². The summed E-state index contributed by atoms with van der Waals surface area (Å²) in [6, 6.07) is 5.61. The maximum Gasteiger partial charge on any atom is 0.339 e. The van der Waals surface area contributed by atoms with Crippen molar-refractivity contribution in [2.45, 2.75) is 13.8 Å². The number of nitrogens with zero attached hydrogens (tertiary/aromatic N) is 4. The fraction of sp³-hybridized carbons (Fsp3) is 0.154. The van der Waals surface area contributed by atoms with Gasteiger partial charge in [-0.1, -0.05) is 0 Å². The Kier molecular flexibility index (Phi) is 3.42. The van der Waals surface area contributed by atoms with E-state index in [9.17, 15) is 14.9 Å². The fourth-order valence-corrected chi connectivity index (χ4v) is 2.10.